The zero-order valence-electron chi connectivity index (χ0n) is 20.3. The molecule has 0 saturated heterocycles. The fourth-order valence-electron chi connectivity index (χ4n) is 4.22. The quantitative estimate of drug-likeness (QED) is 0.175. The number of carboxylic acid groups (broad SMARTS) is 1. The van der Waals surface area contributed by atoms with Crippen LogP contribution in [0.4, 0.5) is 0 Å². The van der Waals surface area contributed by atoms with Crippen LogP contribution in [0.1, 0.15) is 35.4 Å². The number of carbonyl (C=O) groups excluding carboxylic acids is 1. The molecule has 0 bridgehead atoms. The lowest BCUT2D eigenvalue weighted by Gasteiger charge is -2.33. The number of aliphatic carboxylic acids is 1. The van der Waals surface area contributed by atoms with Gasteiger partial charge in [-0.3, -0.25) is 10.2 Å². The normalized spacial score (nSPS) is 11.5. The predicted octanol–water partition coefficient (Wildman–Crippen LogP) is 3.57. The van der Waals surface area contributed by atoms with Crippen LogP contribution in [0.25, 0.3) is 0 Å². The molecule has 3 aromatic carbocycles. The average Bonchev–Trinajstić information content (AvgIpc) is 2.89. The van der Waals surface area contributed by atoms with Gasteiger partial charge in [0.05, 0.1) is 19.6 Å². The van der Waals surface area contributed by atoms with Crippen LogP contribution in [0.2, 0.25) is 0 Å². The summed E-state index contributed by atoms with van der Waals surface area (Å²) >= 11 is 0. The van der Waals surface area contributed by atoms with Crippen LogP contribution in [0.5, 0.6) is 5.75 Å². The smallest absolute Gasteiger partial charge is 0.326 e. The van der Waals surface area contributed by atoms with Crippen molar-refractivity contribution in [3.63, 3.8) is 0 Å². The zero-order chi connectivity index (χ0) is 25.9. The second-order valence-electron chi connectivity index (χ2n) is 8.37. The van der Waals surface area contributed by atoms with Crippen molar-refractivity contribution in [2.24, 2.45) is 5.73 Å². The van der Waals surface area contributed by atoms with E-state index >= 15 is 0 Å². The first-order valence-corrected chi connectivity index (χ1v) is 11.7. The van der Waals surface area contributed by atoms with Crippen molar-refractivity contribution in [1.82, 2.24) is 10.2 Å². The number of rotatable bonds is 12. The monoisotopic (exact) mass is 488 g/mol. The Labute approximate surface area is 211 Å². The zero-order valence-corrected chi connectivity index (χ0v) is 20.3. The van der Waals surface area contributed by atoms with E-state index in [1.54, 1.807) is 13.2 Å². The molecule has 8 heteroatoms. The topological polar surface area (TPSA) is 129 Å². The maximum Gasteiger partial charge on any atom is 0.326 e. The van der Waals surface area contributed by atoms with Crippen molar-refractivity contribution in [2.75, 3.05) is 13.7 Å². The third-order valence-electron chi connectivity index (χ3n) is 5.96. The number of nitrogens with two attached hydrogens (primary N) is 1. The molecular weight excluding hydrogens is 456 g/mol. The average molecular weight is 489 g/mol. The van der Waals surface area contributed by atoms with Gasteiger partial charge < -0.3 is 25.8 Å². The largest absolute Gasteiger partial charge is 0.496 e. The molecule has 5 N–H and O–H groups in total. The highest BCUT2D eigenvalue weighted by atomic mass is 16.5. The van der Waals surface area contributed by atoms with Gasteiger partial charge in [-0.25, -0.2) is 4.79 Å². The summed E-state index contributed by atoms with van der Waals surface area (Å²) in [5.41, 5.74) is 7.62. The van der Waals surface area contributed by atoms with Crippen LogP contribution >= 0.6 is 0 Å². The van der Waals surface area contributed by atoms with Crippen LogP contribution in [-0.2, 0) is 16.1 Å². The molecule has 0 spiro atoms. The Kier molecular flexibility index (Phi) is 9.45. The first kappa shape index (κ1) is 26.3. The number of nitrogens with zero attached hydrogens (tertiary/aromatic N) is 1. The van der Waals surface area contributed by atoms with Gasteiger partial charge in [0.2, 0.25) is 5.91 Å². The highest BCUT2D eigenvalue weighted by Gasteiger charge is 2.35. The maximum atomic E-state index is 14.3. The minimum absolute atomic E-state index is 0.0656. The van der Waals surface area contributed by atoms with Gasteiger partial charge in [0.15, 0.2) is 5.96 Å². The lowest BCUT2D eigenvalue weighted by atomic mass is 9.89. The van der Waals surface area contributed by atoms with Gasteiger partial charge >= 0.3 is 5.97 Å². The Morgan fingerprint density at radius 3 is 2.06 bits per heavy atom. The van der Waals surface area contributed by atoms with E-state index in [2.05, 4.69) is 5.32 Å². The molecule has 0 aromatic heterocycles. The Bertz CT molecular complexity index is 1110. The summed E-state index contributed by atoms with van der Waals surface area (Å²) < 4.78 is 5.49. The van der Waals surface area contributed by atoms with E-state index in [0.717, 1.165) is 11.1 Å². The van der Waals surface area contributed by atoms with E-state index < -0.39 is 17.9 Å². The van der Waals surface area contributed by atoms with Gasteiger partial charge in [-0.1, -0.05) is 78.9 Å². The number of carbonyl (C=O) groups is 2. The summed E-state index contributed by atoms with van der Waals surface area (Å²) in [6.07, 6.45) is 0.598. The summed E-state index contributed by atoms with van der Waals surface area (Å²) in [6, 6.07) is 24.9. The van der Waals surface area contributed by atoms with Crippen molar-refractivity contribution < 1.29 is 19.4 Å². The summed E-state index contributed by atoms with van der Waals surface area (Å²) in [6.45, 7) is 0.396. The van der Waals surface area contributed by atoms with Gasteiger partial charge in [0, 0.05) is 12.1 Å². The number of nitrogens with one attached hydrogen (secondary N) is 2. The summed E-state index contributed by atoms with van der Waals surface area (Å²) in [4.78, 5) is 28.2. The number of benzene rings is 3. The molecule has 1 unspecified atom stereocenters. The highest BCUT2D eigenvalue weighted by Crippen LogP contribution is 2.30. The van der Waals surface area contributed by atoms with E-state index in [-0.39, 0.29) is 24.8 Å². The molecular formula is C28H32N4O4. The number of ether oxygens (including phenoxy) is 1. The van der Waals surface area contributed by atoms with Crippen LogP contribution < -0.4 is 15.8 Å². The third-order valence-corrected chi connectivity index (χ3v) is 5.96. The van der Waals surface area contributed by atoms with Crippen LogP contribution in [0.3, 0.4) is 0 Å². The Balaban J connectivity index is 2.04. The lowest BCUT2D eigenvalue weighted by molar-refractivity contribution is -0.151. The molecule has 1 atom stereocenters. The first-order chi connectivity index (χ1) is 17.4. The van der Waals surface area contributed by atoms with E-state index in [1.165, 1.54) is 4.90 Å². The van der Waals surface area contributed by atoms with E-state index in [9.17, 15) is 14.7 Å². The second-order valence-corrected chi connectivity index (χ2v) is 8.37. The molecule has 0 fully saturated rings. The third kappa shape index (κ3) is 6.85. The Hall–Kier alpha value is -4.33. The number of guanidine groups is 1. The minimum atomic E-state index is -1.10. The number of para-hydroxylation sites is 1. The van der Waals surface area contributed by atoms with Gasteiger partial charge in [-0.2, -0.15) is 0 Å². The van der Waals surface area contributed by atoms with Crippen LogP contribution in [0.15, 0.2) is 84.9 Å². The molecule has 0 aliphatic carbocycles. The predicted molar refractivity (Wildman–Crippen MR) is 139 cm³/mol. The van der Waals surface area contributed by atoms with Crippen molar-refractivity contribution in [3.05, 3.63) is 102 Å². The lowest BCUT2D eigenvalue weighted by Crippen LogP contribution is -2.47. The fourth-order valence-corrected chi connectivity index (χ4v) is 4.22. The number of methoxy groups -OCH3 is 1. The molecule has 0 saturated carbocycles. The van der Waals surface area contributed by atoms with Gasteiger partial charge in [-0.05, 0) is 30.0 Å². The molecule has 0 radical (unpaired) electrons. The van der Waals surface area contributed by atoms with Gasteiger partial charge in [0.25, 0.3) is 0 Å². The molecule has 1 amide bonds. The Morgan fingerprint density at radius 2 is 1.53 bits per heavy atom. The summed E-state index contributed by atoms with van der Waals surface area (Å²) in [5, 5.41) is 20.2. The molecule has 3 rings (SSSR count). The van der Waals surface area contributed by atoms with Gasteiger partial charge in [0.1, 0.15) is 11.8 Å². The fraction of sp³-hybridized carbons (Fsp3) is 0.250. The molecule has 36 heavy (non-hydrogen) atoms. The number of hydrogen-bond donors (Lipinski definition) is 4. The molecule has 0 aliphatic rings. The van der Waals surface area contributed by atoms with Crippen LogP contribution in [0, 0.1) is 5.41 Å². The summed E-state index contributed by atoms with van der Waals surface area (Å²) in [7, 11) is 1.55. The van der Waals surface area contributed by atoms with Crippen molar-refractivity contribution in [2.45, 2.75) is 31.3 Å². The van der Waals surface area contributed by atoms with Crippen molar-refractivity contribution in [3.8, 4) is 5.75 Å². The molecule has 8 nitrogen and oxygen atoms in total. The maximum absolute atomic E-state index is 14.3. The van der Waals surface area contributed by atoms with Crippen molar-refractivity contribution in [1.29, 1.82) is 5.41 Å². The second kappa shape index (κ2) is 12.9. The minimum Gasteiger partial charge on any atom is -0.496 e. The Morgan fingerprint density at radius 1 is 0.972 bits per heavy atom. The first-order valence-electron chi connectivity index (χ1n) is 11.7. The van der Waals surface area contributed by atoms with E-state index in [0.29, 0.717) is 24.3 Å². The van der Waals surface area contributed by atoms with E-state index in [4.69, 9.17) is 15.9 Å². The number of amides is 1. The van der Waals surface area contributed by atoms with Crippen molar-refractivity contribution >= 4 is 17.8 Å². The molecule has 188 valence electrons. The SMILES string of the molecule is COc1ccccc1CN(C(=O)C(c1ccccc1)c1ccccc1)C(CCCNC(=N)N)C(=O)O. The summed E-state index contributed by atoms with van der Waals surface area (Å²) in [5.74, 6) is -1.70. The highest BCUT2D eigenvalue weighted by molar-refractivity contribution is 5.90. The number of hydrogen-bond acceptors (Lipinski definition) is 4. The number of carboxylic acids is 1. The molecule has 0 heterocycles. The standard InChI is InChI=1S/C28H32N4O4/c1-36-24-17-9-8-15-22(24)19-32(23(27(34)35)16-10-18-31-28(29)30)26(33)25(20-11-4-2-5-12-20)21-13-6-3-7-14-21/h2-9,11-15,17,23,25H,10,16,18-19H2,1H3,(H,34,35)(H4,29,30,31). The molecule has 0 aliphatic heterocycles. The van der Waals surface area contributed by atoms with Crippen LogP contribution in [-0.4, -0.2) is 47.5 Å². The van der Waals surface area contributed by atoms with E-state index in [1.807, 2.05) is 78.9 Å². The van der Waals surface area contributed by atoms with Gasteiger partial charge in [-0.15, -0.1) is 0 Å². The molecule has 3 aromatic rings.